The van der Waals surface area contributed by atoms with Crippen LogP contribution in [0.4, 0.5) is 11.6 Å². The van der Waals surface area contributed by atoms with Gasteiger partial charge in [0.25, 0.3) is 0 Å². The summed E-state index contributed by atoms with van der Waals surface area (Å²) in [7, 11) is 0. The van der Waals surface area contributed by atoms with Gasteiger partial charge in [-0.3, -0.25) is 0 Å². The third-order valence-electron chi connectivity index (χ3n) is 4.24. The molecule has 0 saturated heterocycles. The Balaban J connectivity index is 1.82. The van der Waals surface area contributed by atoms with Gasteiger partial charge in [0.1, 0.15) is 10.5 Å². The van der Waals surface area contributed by atoms with E-state index in [1.165, 1.54) is 11.8 Å². The lowest BCUT2D eigenvalue weighted by Crippen LogP contribution is -2.30. The van der Waals surface area contributed by atoms with Gasteiger partial charge >= 0.3 is 0 Å². The van der Waals surface area contributed by atoms with Crippen molar-refractivity contribution >= 4 is 46.2 Å². The fourth-order valence-electron chi connectivity index (χ4n) is 2.75. The summed E-state index contributed by atoms with van der Waals surface area (Å²) in [5.41, 5.74) is 2.64. The molecule has 0 aliphatic carbocycles. The number of allylic oxidation sites excluding steroid dienone is 1. The molecular weight excluding hydrogens is 382 g/mol. The van der Waals surface area contributed by atoms with Crippen molar-refractivity contribution in [3.63, 3.8) is 0 Å². The van der Waals surface area contributed by atoms with Crippen molar-refractivity contribution in [2.75, 3.05) is 11.9 Å². The first kappa shape index (κ1) is 19.6. The molecule has 1 N–H and O–H groups in total. The number of hydrogen-bond donors (Lipinski definition) is 1. The van der Waals surface area contributed by atoms with E-state index in [4.69, 9.17) is 11.6 Å². The number of rotatable bonds is 7. The molecule has 1 unspecified atom stereocenters. The Kier molecular flexibility index (Phi) is 6.34. The maximum absolute atomic E-state index is 11.6. The average Bonchev–Trinajstić information content (AvgIpc) is 2.98. The van der Waals surface area contributed by atoms with Crippen molar-refractivity contribution in [3.05, 3.63) is 47.1 Å². The highest BCUT2D eigenvalue weighted by molar-refractivity contribution is 8.09. The number of aldehydes is 1. The van der Waals surface area contributed by atoms with Gasteiger partial charge in [-0.05, 0) is 37.5 Å². The van der Waals surface area contributed by atoms with Crippen LogP contribution in [0.5, 0.6) is 0 Å². The Hall–Kier alpha value is -2.12. The third kappa shape index (κ3) is 4.78. The molecule has 3 rings (SSSR count). The van der Waals surface area contributed by atoms with Crippen molar-refractivity contribution in [1.29, 1.82) is 0 Å². The molecule has 6 nitrogen and oxygen atoms in total. The average molecular weight is 404 g/mol. The van der Waals surface area contributed by atoms with Gasteiger partial charge in [-0.25, -0.2) is 15.0 Å². The molecule has 0 aromatic carbocycles. The predicted octanol–water partition coefficient (Wildman–Crippen LogP) is 4.58. The maximum atomic E-state index is 11.6. The molecule has 0 radical (unpaired) electrons. The Morgan fingerprint density at radius 2 is 2.15 bits per heavy atom. The topological polar surface area (TPSA) is 71.0 Å². The van der Waals surface area contributed by atoms with Gasteiger partial charge < -0.3 is 15.0 Å². The third-order valence-corrected chi connectivity index (χ3v) is 5.81. The van der Waals surface area contributed by atoms with Crippen LogP contribution >= 0.6 is 23.4 Å². The molecule has 0 fully saturated rings. The van der Waals surface area contributed by atoms with Gasteiger partial charge in [0.05, 0.1) is 22.5 Å². The van der Waals surface area contributed by atoms with Crippen molar-refractivity contribution in [3.8, 4) is 0 Å². The van der Waals surface area contributed by atoms with Gasteiger partial charge in [-0.15, -0.1) is 0 Å². The van der Waals surface area contributed by atoms with Crippen molar-refractivity contribution in [2.24, 2.45) is 5.92 Å². The molecule has 2 aromatic heterocycles. The lowest BCUT2D eigenvalue weighted by molar-refractivity contribution is -0.109. The molecular formula is C19H22ClN5OS. The minimum Gasteiger partial charge on any atom is -0.356 e. The first-order valence-corrected chi connectivity index (χ1v) is 10.0. The van der Waals surface area contributed by atoms with Crippen LogP contribution in [-0.4, -0.2) is 38.1 Å². The van der Waals surface area contributed by atoms with E-state index in [-0.39, 0.29) is 5.37 Å². The molecule has 2 aromatic rings. The zero-order chi connectivity index (χ0) is 19.4. The molecule has 27 heavy (non-hydrogen) atoms. The highest BCUT2D eigenvalue weighted by atomic mass is 35.5. The molecule has 142 valence electrons. The standard InChI is InChI=1S/C19H22ClN5OS/c1-12(2)7-9-25-13(3)18(27-17(25)11-26)15-6-8-21-19(24-15)23-14-4-5-16(20)22-10-14/h4-6,8,10-12,17H,7,9H2,1-3H3,(H,21,23,24). The first-order valence-electron chi connectivity index (χ1n) is 8.79. The highest BCUT2D eigenvalue weighted by Gasteiger charge is 2.31. The number of pyridine rings is 1. The van der Waals surface area contributed by atoms with E-state index in [2.05, 4.69) is 39.0 Å². The molecule has 0 bridgehead atoms. The molecule has 0 amide bonds. The van der Waals surface area contributed by atoms with Crippen molar-refractivity contribution < 1.29 is 4.79 Å². The first-order chi connectivity index (χ1) is 13.0. The summed E-state index contributed by atoms with van der Waals surface area (Å²) in [4.78, 5) is 27.7. The molecule has 1 aliphatic rings. The summed E-state index contributed by atoms with van der Waals surface area (Å²) in [6, 6.07) is 5.38. The second kappa shape index (κ2) is 8.71. The van der Waals surface area contributed by atoms with E-state index in [1.54, 1.807) is 18.5 Å². The zero-order valence-corrected chi connectivity index (χ0v) is 17.1. The number of nitrogens with one attached hydrogen (secondary N) is 1. The number of carbonyl (C=O) groups excluding carboxylic acids is 1. The minimum atomic E-state index is -0.203. The zero-order valence-electron chi connectivity index (χ0n) is 15.5. The van der Waals surface area contributed by atoms with Crippen LogP contribution in [0.1, 0.15) is 32.9 Å². The van der Waals surface area contributed by atoms with Crippen LogP contribution in [0.15, 0.2) is 36.3 Å². The molecule has 1 atom stereocenters. The van der Waals surface area contributed by atoms with Crippen molar-refractivity contribution in [1.82, 2.24) is 19.9 Å². The fourth-order valence-corrected chi connectivity index (χ4v) is 4.08. The number of thioether (sulfide) groups is 1. The monoisotopic (exact) mass is 403 g/mol. The van der Waals surface area contributed by atoms with Crippen LogP contribution in [0, 0.1) is 5.92 Å². The van der Waals surface area contributed by atoms with Crippen LogP contribution in [0.3, 0.4) is 0 Å². The minimum absolute atomic E-state index is 0.203. The van der Waals surface area contributed by atoms with Gasteiger partial charge in [0, 0.05) is 18.4 Å². The van der Waals surface area contributed by atoms with E-state index in [1.807, 2.05) is 19.1 Å². The quantitative estimate of drug-likeness (QED) is 0.536. The summed E-state index contributed by atoms with van der Waals surface area (Å²) >= 11 is 7.35. The van der Waals surface area contributed by atoms with E-state index in [9.17, 15) is 4.79 Å². The lowest BCUT2D eigenvalue weighted by atomic mass is 10.1. The van der Waals surface area contributed by atoms with Gasteiger partial charge in [0.15, 0.2) is 6.29 Å². The van der Waals surface area contributed by atoms with E-state index in [0.717, 1.165) is 41.2 Å². The van der Waals surface area contributed by atoms with Crippen LogP contribution in [-0.2, 0) is 4.79 Å². The second-order valence-corrected chi connectivity index (χ2v) is 8.21. The lowest BCUT2D eigenvalue weighted by Gasteiger charge is -2.24. The SMILES string of the molecule is CC1=C(c2ccnc(Nc3ccc(Cl)nc3)n2)SC(C=O)N1CCC(C)C. The summed E-state index contributed by atoms with van der Waals surface area (Å²) in [5, 5.41) is 3.36. The summed E-state index contributed by atoms with van der Waals surface area (Å²) < 4.78 is 0. The number of nitrogens with zero attached hydrogens (tertiary/aromatic N) is 4. The van der Waals surface area contributed by atoms with E-state index >= 15 is 0 Å². The number of carbonyl (C=O) groups is 1. The maximum Gasteiger partial charge on any atom is 0.227 e. The van der Waals surface area contributed by atoms with Crippen LogP contribution in [0.2, 0.25) is 5.15 Å². The predicted molar refractivity (Wildman–Crippen MR) is 111 cm³/mol. The van der Waals surface area contributed by atoms with Crippen LogP contribution < -0.4 is 5.32 Å². The van der Waals surface area contributed by atoms with E-state index in [0.29, 0.717) is 17.0 Å². The van der Waals surface area contributed by atoms with E-state index < -0.39 is 0 Å². The summed E-state index contributed by atoms with van der Waals surface area (Å²) in [5.74, 6) is 1.06. The molecule has 3 heterocycles. The van der Waals surface area contributed by atoms with Gasteiger partial charge in [-0.1, -0.05) is 37.2 Å². The van der Waals surface area contributed by atoms with Crippen LogP contribution in [0.25, 0.3) is 4.91 Å². The van der Waals surface area contributed by atoms with Crippen molar-refractivity contribution in [2.45, 2.75) is 32.6 Å². The Labute approximate surface area is 168 Å². The summed E-state index contributed by atoms with van der Waals surface area (Å²) in [6.45, 7) is 7.28. The smallest absolute Gasteiger partial charge is 0.227 e. The molecule has 0 spiro atoms. The fraction of sp³-hybridized carbons (Fsp3) is 0.368. The van der Waals surface area contributed by atoms with Gasteiger partial charge in [0.2, 0.25) is 5.95 Å². The number of aromatic nitrogens is 3. The normalized spacial score (nSPS) is 16.9. The molecule has 0 saturated carbocycles. The largest absolute Gasteiger partial charge is 0.356 e. The summed E-state index contributed by atoms with van der Waals surface area (Å²) in [6.07, 6.45) is 5.38. The number of halogens is 1. The Morgan fingerprint density at radius 1 is 1.33 bits per heavy atom. The molecule has 1 aliphatic heterocycles. The van der Waals surface area contributed by atoms with Gasteiger partial charge in [-0.2, -0.15) is 0 Å². The molecule has 8 heteroatoms. The Bertz CT molecular complexity index is 840. The second-order valence-electron chi connectivity index (χ2n) is 6.70. The highest BCUT2D eigenvalue weighted by Crippen LogP contribution is 2.42. The Morgan fingerprint density at radius 3 is 2.81 bits per heavy atom. The number of anilines is 2. The number of hydrogen-bond acceptors (Lipinski definition) is 7.